The largest absolute Gasteiger partial charge is 0.497 e. The predicted molar refractivity (Wildman–Crippen MR) is 156 cm³/mol. The maximum Gasteiger partial charge on any atom is 0.213 e. The molecule has 4 nitrogen and oxygen atoms in total. The summed E-state index contributed by atoms with van der Waals surface area (Å²) in [6.45, 7) is 4.50. The zero-order chi connectivity index (χ0) is 26.2. The Labute approximate surface area is 227 Å². The number of anilines is 1. The van der Waals surface area contributed by atoms with Gasteiger partial charge in [-0.05, 0) is 77.5 Å². The van der Waals surface area contributed by atoms with Crippen LogP contribution in [0.3, 0.4) is 0 Å². The van der Waals surface area contributed by atoms with Crippen LogP contribution < -0.4 is 14.2 Å². The average molecular weight is 552 g/mol. The van der Waals surface area contributed by atoms with E-state index in [2.05, 4.69) is 125 Å². The summed E-state index contributed by atoms with van der Waals surface area (Å²) < 4.78 is 8.61. The molecule has 0 radical (unpaired) electrons. The second-order valence-electron chi connectivity index (χ2n) is 8.56. The lowest BCUT2D eigenvalue weighted by molar-refractivity contribution is -0.662. The molecule has 0 amide bonds. The van der Waals surface area contributed by atoms with Crippen LogP contribution >= 0.6 is 15.9 Å². The molecule has 0 unspecified atom stereocenters. The highest BCUT2D eigenvalue weighted by Gasteiger charge is 2.17. The second kappa shape index (κ2) is 12.2. The third kappa shape index (κ3) is 6.35. The van der Waals surface area contributed by atoms with E-state index in [0.29, 0.717) is 13.0 Å². The van der Waals surface area contributed by atoms with Gasteiger partial charge in [-0.15, -0.1) is 0 Å². The Balaban J connectivity index is 1.71. The lowest BCUT2D eigenvalue weighted by atomic mass is 10.0. The standard InChI is InChI=1S/C32H29BrN3O/c1-4-36(21-5-20-34)29-15-6-24(7-16-29)8-17-30-22-27(25-11-18-31(37-3)19-12-25)23-32(35(30)2)26-9-13-28(33)14-10-26/h4,6-19,22-23H,1,5,21H2,2-3H3/q+1. The molecule has 0 N–H and O–H groups in total. The van der Waals surface area contributed by atoms with Crippen molar-refractivity contribution in [2.24, 2.45) is 7.05 Å². The van der Waals surface area contributed by atoms with Gasteiger partial charge < -0.3 is 9.64 Å². The molecule has 5 heteroatoms. The molecule has 0 saturated heterocycles. The Morgan fingerprint density at radius 1 is 0.919 bits per heavy atom. The van der Waals surface area contributed by atoms with Crippen LogP contribution in [0.15, 0.2) is 102 Å². The number of methoxy groups -OCH3 is 1. The number of benzene rings is 3. The first-order valence-electron chi connectivity index (χ1n) is 12.0. The summed E-state index contributed by atoms with van der Waals surface area (Å²) in [5.41, 5.74) is 7.71. The molecular formula is C32H29BrN3O+. The smallest absolute Gasteiger partial charge is 0.213 e. The fraction of sp³-hybridized carbons (Fsp3) is 0.125. The summed E-state index contributed by atoms with van der Waals surface area (Å²) in [4.78, 5) is 1.99. The summed E-state index contributed by atoms with van der Waals surface area (Å²) >= 11 is 3.54. The number of nitrogens with zero attached hydrogens (tertiary/aromatic N) is 3. The number of hydrogen-bond acceptors (Lipinski definition) is 3. The zero-order valence-electron chi connectivity index (χ0n) is 21.1. The van der Waals surface area contributed by atoms with Crippen LogP contribution in [0.2, 0.25) is 0 Å². The van der Waals surface area contributed by atoms with Crippen LogP contribution in [-0.4, -0.2) is 13.7 Å². The molecule has 0 spiro atoms. The number of hydrogen-bond donors (Lipinski definition) is 0. The van der Waals surface area contributed by atoms with Crippen molar-refractivity contribution in [3.8, 4) is 34.2 Å². The quantitative estimate of drug-likeness (QED) is 0.201. The SMILES string of the molecule is C=CN(CCC#N)c1ccc(/C=C/c2cc(-c3ccc(OC)cc3)cc(-c3ccc(Br)cc3)[n+]2C)cc1. The van der Waals surface area contributed by atoms with E-state index in [1.807, 2.05) is 17.0 Å². The van der Waals surface area contributed by atoms with Crippen molar-refractivity contribution >= 4 is 33.8 Å². The molecule has 0 aliphatic heterocycles. The Morgan fingerprint density at radius 3 is 2.22 bits per heavy atom. The molecule has 1 heterocycles. The van der Waals surface area contributed by atoms with Crippen LogP contribution in [0, 0.1) is 11.3 Å². The molecule has 4 rings (SSSR count). The van der Waals surface area contributed by atoms with Gasteiger partial charge in [0, 0.05) is 40.5 Å². The lowest BCUT2D eigenvalue weighted by Gasteiger charge is -2.18. The fourth-order valence-electron chi connectivity index (χ4n) is 4.14. The summed E-state index contributed by atoms with van der Waals surface area (Å²) in [5.74, 6) is 0.838. The minimum atomic E-state index is 0.454. The number of nitriles is 1. The average Bonchev–Trinajstić information content (AvgIpc) is 2.94. The van der Waals surface area contributed by atoms with E-state index in [1.54, 1.807) is 13.3 Å². The highest BCUT2D eigenvalue weighted by molar-refractivity contribution is 9.10. The van der Waals surface area contributed by atoms with Crippen molar-refractivity contribution in [1.29, 1.82) is 5.26 Å². The minimum Gasteiger partial charge on any atom is -0.497 e. The maximum atomic E-state index is 8.89. The van der Waals surface area contributed by atoms with Gasteiger partial charge >= 0.3 is 0 Å². The van der Waals surface area contributed by atoms with E-state index in [4.69, 9.17) is 10.00 Å². The maximum absolute atomic E-state index is 8.89. The first kappa shape index (κ1) is 25.9. The van der Waals surface area contributed by atoms with E-state index in [-0.39, 0.29) is 0 Å². The van der Waals surface area contributed by atoms with Gasteiger partial charge in [0.25, 0.3) is 0 Å². The van der Waals surface area contributed by atoms with Crippen molar-refractivity contribution in [2.75, 3.05) is 18.6 Å². The number of ether oxygens (including phenoxy) is 1. The molecule has 0 aliphatic rings. The number of pyridine rings is 1. The van der Waals surface area contributed by atoms with Gasteiger partial charge in [-0.25, -0.2) is 0 Å². The first-order valence-corrected chi connectivity index (χ1v) is 12.8. The second-order valence-corrected chi connectivity index (χ2v) is 9.47. The monoisotopic (exact) mass is 550 g/mol. The van der Waals surface area contributed by atoms with Gasteiger partial charge in [0.1, 0.15) is 12.8 Å². The summed E-state index contributed by atoms with van der Waals surface area (Å²) in [6, 6.07) is 31.4. The predicted octanol–water partition coefficient (Wildman–Crippen LogP) is 7.65. The van der Waals surface area contributed by atoms with E-state index in [9.17, 15) is 0 Å². The Morgan fingerprint density at radius 2 is 1.59 bits per heavy atom. The van der Waals surface area contributed by atoms with Gasteiger partial charge in [-0.1, -0.05) is 46.8 Å². The molecule has 4 aromatic rings. The Hall–Kier alpha value is -4.14. The van der Waals surface area contributed by atoms with Gasteiger partial charge in [0.05, 0.1) is 19.6 Å². The van der Waals surface area contributed by atoms with E-state index >= 15 is 0 Å². The highest BCUT2D eigenvalue weighted by Crippen LogP contribution is 2.28. The minimum absolute atomic E-state index is 0.454. The van der Waals surface area contributed by atoms with Crippen molar-refractivity contribution in [3.05, 3.63) is 113 Å². The third-order valence-electron chi connectivity index (χ3n) is 6.26. The number of aromatic nitrogens is 1. The third-order valence-corrected chi connectivity index (χ3v) is 6.79. The lowest BCUT2D eigenvalue weighted by Crippen LogP contribution is -2.34. The Bertz CT molecular complexity index is 1430. The molecule has 0 atom stereocenters. The van der Waals surface area contributed by atoms with Gasteiger partial charge in [0.15, 0.2) is 0 Å². The fourth-order valence-corrected chi connectivity index (χ4v) is 4.41. The summed E-state index contributed by atoms with van der Waals surface area (Å²) in [5, 5.41) is 8.89. The van der Waals surface area contributed by atoms with Crippen LogP contribution in [0.25, 0.3) is 34.5 Å². The topological polar surface area (TPSA) is 40.1 Å². The highest BCUT2D eigenvalue weighted by atomic mass is 79.9. The Kier molecular flexibility index (Phi) is 8.56. The summed E-state index contributed by atoms with van der Waals surface area (Å²) in [7, 11) is 3.77. The van der Waals surface area contributed by atoms with Crippen molar-refractivity contribution < 1.29 is 9.30 Å². The van der Waals surface area contributed by atoms with E-state index in [0.717, 1.165) is 49.6 Å². The van der Waals surface area contributed by atoms with Gasteiger partial charge in [-0.3, -0.25) is 0 Å². The molecule has 3 aromatic carbocycles. The molecular weight excluding hydrogens is 522 g/mol. The van der Waals surface area contributed by atoms with E-state index < -0.39 is 0 Å². The summed E-state index contributed by atoms with van der Waals surface area (Å²) in [6.07, 6.45) is 6.48. The van der Waals surface area contributed by atoms with Crippen LogP contribution in [0.5, 0.6) is 5.75 Å². The van der Waals surface area contributed by atoms with E-state index in [1.165, 1.54) is 0 Å². The molecule has 184 valence electrons. The van der Waals surface area contributed by atoms with Crippen molar-refractivity contribution in [2.45, 2.75) is 6.42 Å². The van der Waals surface area contributed by atoms with Crippen molar-refractivity contribution in [3.63, 3.8) is 0 Å². The molecule has 0 fully saturated rings. The molecule has 0 aliphatic carbocycles. The molecule has 0 saturated carbocycles. The van der Waals surface area contributed by atoms with Gasteiger partial charge in [0.2, 0.25) is 11.4 Å². The van der Waals surface area contributed by atoms with Crippen LogP contribution in [0.4, 0.5) is 5.69 Å². The molecule has 37 heavy (non-hydrogen) atoms. The van der Waals surface area contributed by atoms with Crippen LogP contribution in [-0.2, 0) is 7.05 Å². The normalized spacial score (nSPS) is 10.8. The number of rotatable bonds is 9. The van der Waals surface area contributed by atoms with Crippen LogP contribution in [0.1, 0.15) is 17.7 Å². The zero-order valence-corrected chi connectivity index (χ0v) is 22.7. The first-order chi connectivity index (χ1) is 18.0. The number of halogens is 1. The van der Waals surface area contributed by atoms with Gasteiger partial charge in [-0.2, -0.15) is 9.83 Å². The molecule has 1 aromatic heterocycles. The molecule has 0 bridgehead atoms. The van der Waals surface area contributed by atoms with Crippen molar-refractivity contribution in [1.82, 2.24) is 0 Å².